The summed E-state index contributed by atoms with van der Waals surface area (Å²) in [6.45, 7) is 0. The van der Waals surface area contributed by atoms with Gasteiger partial charge in [-0.2, -0.15) is 0 Å². The Morgan fingerprint density at radius 2 is 2.31 bits per heavy atom. The average molecular weight is 277 g/mol. The van der Waals surface area contributed by atoms with E-state index in [0.717, 1.165) is 15.7 Å². The SMILES string of the molecule is Nc1cc2ccsc2c(CCl)c1Br. The van der Waals surface area contributed by atoms with Crippen LogP contribution in [-0.2, 0) is 5.88 Å². The molecule has 0 unspecified atom stereocenters. The molecule has 2 aromatic rings. The zero-order valence-electron chi connectivity index (χ0n) is 6.68. The fraction of sp³-hybridized carbons (Fsp3) is 0.111. The molecular formula is C9H7BrClNS. The molecule has 1 heterocycles. The van der Waals surface area contributed by atoms with Crippen molar-refractivity contribution < 1.29 is 0 Å². The molecule has 0 fully saturated rings. The Labute approximate surface area is 93.6 Å². The van der Waals surface area contributed by atoms with Crippen LogP contribution >= 0.6 is 38.9 Å². The van der Waals surface area contributed by atoms with Gasteiger partial charge in [0.2, 0.25) is 0 Å². The topological polar surface area (TPSA) is 26.0 Å². The number of hydrogen-bond donors (Lipinski definition) is 1. The van der Waals surface area contributed by atoms with Gasteiger partial charge >= 0.3 is 0 Å². The highest BCUT2D eigenvalue weighted by Gasteiger charge is 2.09. The number of nitrogen functional groups attached to an aromatic ring is 1. The van der Waals surface area contributed by atoms with Gasteiger partial charge in [-0.1, -0.05) is 0 Å². The number of rotatable bonds is 1. The van der Waals surface area contributed by atoms with Crippen LogP contribution in [0.15, 0.2) is 22.0 Å². The number of benzene rings is 1. The van der Waals surface area contributed by atoms with Crippen molar-refractivity contribution >= 4 is 54.6 Å². The number of fused-ring (bicyclic) bond motifs is 1. The van der Waals surface area contributed by atoms with Crippen LogP contribution in [0, 0.1) is 0 Å². The van der Waals surface area contributed by atoms with Gasteiger partial charge in [0.05, 0.1) is 0 Å². The number of anilines is 1. The summed E-state index contributed by atoms with van der Waals surface area (Å²) in [7, 11) is 0. The Morgan fingerprint density at radius 3 is 3.00 bits per heavy atom. The molecule has 0 atom stereocenters. The van der Waals surface area contributed by atoms with E-state index >= 15 is 0 Å². The van der Waals surface area contributed by atoms with E-state index in [4.69, 9.17) is 17.3 Å². The van der Waals surface area contributed by atoms with Crippen molar-refractivity contribution in [3.8, 4) is 0 Å². The predicted molar refractivity (Wildman–Crippen MR) is 63.5 cm³/mol. The lowest BCUT2D eigenvalue weighted by Gasteiger charge is -2.05. The van der Waals surface area contributed by atoms with Crippen LogP contribution in [0.25, 0.3) is 10.1 Å². The second-order valence-electron chi connectivity index (χ2n) is 2.73. The molecular weight excluding hydrogens is 270 g/mol. The summed E-state index contributed by atoms with van der Waals surface area (Å²) in [5.74, 6) is 0.489. The molecule has 0 aliphatic heterocycles. The highest BCUT2D eigenvalue weighted by Crippen LogP contribution is 2.35. The molecule has 1 nitrogen and oxygen atoms in total. The molecule has 0 spiro atoms. The Bertz CT molecular complexity index is 452. The number of halogens is 2. The summed E-state index contributed by atoms with van der Waals surface area (Å²) in [5.41, 5.74) is 7.66. The first kappa shape index (κ1) is 9.31. The predicted octanol–water partition coefficient (Wildman–Crippen LogP) is 3.98. The summed E-state index contributed by atoms with van der Waals surface area (Å²) in [5, 5.41) is 3.22. The van der Waals surface area contributed by atoms with Crippen LogP contribution in [-0.4, -0.2) is 0 Å². The van der Waals surface area contributed by atoms with Crippen molar-refractivity contribution in [3.05, 3.63) is 27.5 Å². The zero-order chi connectivity index (χ0) is 9.42. The molecule has 2 rings (SSSR count). The molecule has 68 valence electrons. The maximum Gasteiger partial charge on any atom is 0.0500 e. The number of alkyl halides is 1. The molecule has 1 aromatic carbocycles. The quantitative estimate of drug-likeness (QED) is 0.619. The first-order chi connectivity index (χ1) is 6.24. The van der Waals surface area contributed by atoms with E-state index in [9.17, 15) is 0 Å². The summed E-state index contributed by atoms with van der Waals surface area (Å²) in [4.78, 5) is 0. The lowest BCUT2D eigenvalue weighted by atomic mass is 10.1. The smallest absolute Gasteiger partial charge is 0.0500 e. The fourth-order valence-electron chi connectivity index (χ4n) is 1.30. The monoisotopic (exact) mass is 275 g/mol. The third kappa shape index (κ3) is 1.45. The zero-order valence-corrected chi connectivity index (χ0v) is 9.84. The Balaban J connectivity index is 2.87. The lowest BCUT2D eigenvalue weighted by Crippen LogP contribution is -1.90. The van der Waals surface area contributed by atoms with E-state index in [-0.39, 0.29) is 0 Å². The first-order valence-corrected chi connectivity index (χ1v) is 5.94. The molecule has 4 heteroatoms. The number of thiophene rings is 1. The van der Waals surface area contributed by atoms with Gasteiger partial charge in [0.15, 0.2) is 0 Å². The van der Waals surface area contributed by atoms with Gasteiger partial charge in [0, 0.05) is 26.3 Å². The molecule has 13 heavy (non-hydrogen) atoms. The average Bonchev–Trinajstić information content (AvgIpc) is 2.54. The van der Waals surface area contributed by atoms with E-state index in [1.165, 1.54) is 10.1 Å². The Morgan fingerprint density at radius 1 is 1.54 bits per heavy atom. The van der Waals surface area contributed by atoms with Crippen LogP contribution in [0.2, 0.25) is 0 Å². The molecule has 0 radical (unpaired) electrons. The lowest BCUT2D eigenvalue weighted by molar-refractivity contribution is 1.43. The first-order valence-electron chi connectivity index (χ1n) is 3.74. The van der Waals surface area contributed by atoms with Gasteiger partial charge in [-0.25, -0.2) is 0 Å². The fourth-order valence-corrected chi connectivity index (χ4v) is 3.32. The maximum absolute atomic E-state index is 5.86. The molecule has 0 amide bonds. The molecule has 2 N–H and O–H groups in total. The number of hydrogen-bond acceptors (Lipinski definition) is 2. The van der Waals surface area contributed by atoms with Gasteiger partial charge in [-0.05, 0) is 38.8 Å². The molecule has 1 aromatic heterocycles. The second-order valence-corrected chi connectivity index (χ2v) is 4.71. The van der Waals surface area contributed by atoms with Crippen LogP contribution in [0.1, 0.15) is 5.56 Å². The third-order valence-electron chi connectivity index (χ3n) is 1.93. The van der Waals surface area contributed by atoms with Gasteiger partial charge in [0.25, 0.3) is 0 Å². The molecule has 0 saturated heterocycles. The largest absolute Gasteiger partial charge is 0.398 e. The van der Waals surface area contributed by atoms with Crippen LogP contribution in [0.3, 0.4) is 0 Å². The third-order valence-corrected chi connectivity index (χ3v) is 4.13. The van der Waals surface area contributed by atoms with Gasteiger partial charge in [-0.15, -0.1) is 22.9 Å². The van der Waals surface area contributed by atoms with Crippen LogP contribution in [0.4, 0.5) is 5.69 Å². The molecule has 0 aliphatic carbocycles. The molecule has 0 bridgehead atoms. The Kier molecular flexibility index (Phi) is 2.49. The molecule has 0 saturated carbocycles. The van der Waals surface area contributed by atoms with E-state index in [0.29, 0.717) is 5.88 Å². The minimum atomic E-state index is 0.489. The molecule has 0 aliphatic rings. The van der Waals surface area contributed by atoms with Crippen molar-refractivity contribution in [2.75, 3.05) is 5.73 Å². The van der Waals surface area contributed by atoms with Gasteiger partial charge < -0.3 is 5.73 Å². The van der Waals surface area contributed by atoms with Crippen molar-refractivity contribution in [2.24, 2.45) is 0 Å². The van der Waals surface area contributed by atoms with E-state index < -0.39 is 0 Å². The van der Waals surface area contributed by atoms with Crippen LogP contribution < -0.4 is 5.73 Å². The van der Waals surface area contributed by atoms with Crippen molar-refractivity contribution in [3.63, 3.8) is 0 Å². The van der Waals surface area contributed by atoms with Crippen molar-refractivity contribution in [2.45, 2.75) is 5.88 Å². The van der Waals surface area contributed by atoms with E-state index in [1.54, 1.807) is 11.3 Å². The van der Waals surface area contributed by atoms with E-state index in [2.05, 4.69) is 22.0 Å². The highest BCUT2D eigenvalue weighted by atomic mass is 79.9. The van der Waals surface area contributed by atoms with Crippen molar-refractivity contribution in [1.82, 2.24) is 0 Å². The van der Waals surface area contributed by atoms with Gasteiger partial charge in [-0.3, -0.25) is 0 Å². The Hall–Kier alpha value is -0.250. The van der Waals surface area contributed by atoms with Crippen LogP contribution in [0.5, 0.6) is 0 Å². The van der Waals surface area contributed by atoms with E-state index in [1.807, 2.05) is 11.4 Å². The normalized spacial score (nSPS) is 10.9. The summed E-state index contributed by atoms with van der Waals surface area (Å²) in [6, 6.07) is 4.02. The highest BCUT2D eigenvalue weighted by molar-refractivity contribution is 9.10. The van der Waals surface area contributed by atoms with Gasteiger partial charge in [0.1, 0.15) is 0 Å². The van der Waals surface area contributed by atoms with Crippen molar-refractivity contribution in [1.29, 1.82) is 0 Å². The maximum atomic E-state index is 5.86. The second kappa shape index (κ2) is 3.48. The summed E-state index contributed by atoms with van der Waals surface area (Å²) in [6.07, 6.45) is 0. The minimum Gasteiger partial charge on any atom is -0.398 e. The summed E-state index contributed by atoms with van der Waals surface area (Å²) >= 11 is 11.0. The number of nitrogens with two attached hydrogens (primary N) is 1. The summed E-state index contributed by atoms with van der Waals surface area (Å²) < 4.78 is 2.15. The standard InChI is InChI=1S/C9H7BrClNS/c10-8-6(4-11)9-5(1-2-13-9)3-7(8)12/h1-3H,4,12H2. The minimum absolute atomic E-state index is 0.489.